The van der Waals surface area contributed by atoms with Crippen molar-refractivity contribution in [2.24, 2.45) is 0 Å². The molecular weight excluding hydrogens is 277 g/mol. The molecule has 0 saturated carbocycles. The minimum atomic E-state index is -0.586. The molecule has 0 bridgehead atoms. The van der Waals surface area contributed by atoms with Crippen molar-refractivity contribution < 1.29 is 4.79 Å². The van der Waals surface area contributed by atoms with E-state index in [1.54, 1.807) is 12.1 Å². The second kappa shape index (κ2) is 4.84. The highest BCUT2D eigenvalue weighted by Crippen LogP contribution is 2.19. The Morgan fingerprint density at radius 3 is 2.31 bits per heavy atom. The van der Waals surface area contributed by atoms with Crippen LogP contribution in [0.2, 0.25) is 0 Å². The highest BCUT2D eigenvalue weighted by molar-refractivity contribution is 9.10. The highest BCUT2D eigenvalue weighted by atomic mass is 79.9. The predicted molar refractivity (Wildman–Crippen MR) is 58.6 cm³/mol. The molecule has 1 aromatic carbocycles. The number of halogens is 3. The summed E-state index contributed by atoms with van der Waals surface area (Å²) in [5.74, 6) is 0. The fourth-order valence-corrected chi connectivity index (χ4v) is 1.57. The van der Waals surface area contributed by atoms with Crippen molar-refractivity contribution in [1.29, 1.82) is 0 Å². The van der Waals surface area contributed by atoms with E-state index in [0.29, 0.717) is 5.69 Å². The van der Waals surface area contributed by atoms with Gasteiger partial charge in [0.25, 0.3) is 0 Å². The van der Waals surface area contributed by atoms with Crippen molar-refractivity contribution in [2.75, 3.05) is 10.9 Å². The van der Waals surface area contributed by atoms with Gasteiger partial charge in [-0.1, -0.05) is 15.9 Å². The molecule has 1 aromatic rings. The van der Waals surface area contributed by atoms with E-state index in [4.69, 9.17) is 23.2 Å². The van der Waals surface area contributed by atoms with Crippen molar-refractivity contribution in [1.82, 2.24) is 0 Å². The summed E-state index contributed by atoms with van der Waals surface area (Å²) >= 11 is 14.1. The smallest absolute Gasteiger partial charge is 0.285 e. The monoisotopic (exact) mass is 281 g/mol. The van der Waals surface area contributed by atoms with Gasteiger partial charge in [0.05, 0.1) is 0 Å². The standard InChI is InChI=1S/C8H6BrCl2NO/c9-6-1-3-7(4-2-6)12(5-10)8(11)13/h1-4H,5H2. The summed E-state index contributed by atoms with van der Waals surface area (Å²) in [6.07, 6.45) is 0. The van der Waals surface area contributed by atoms with Gasteiger partial charge in [-0.15, -0.1) is 11.6 Å². The number of alkyl halides is 1. The minimum absolute atomic E-state index is 0.0456. The van der Waals surface area contributed by atoms with Crippen LogP contribution in [-0.2, 0) is 0 Å². The molecule has 5 heteroatoms. The van der Waals surface area contributed by atoms with E-state index in [9.17, 15) is 4.79 Å². The summed E-state index contributed by atoms with van der Waals surface area (Å²) in [5, 5.41) is -0.586. The molecule has 2 nitrogen and oxygen atoms in total. The summed E-state index contributed by atoms with van der Waals surface area (Å²) in [6, 6.07) is 7.19. The quantitative estimate of drug-likeness (QED) is 0.459. The van der Waals surface area contributed by atoms with Gasteiger partial charge in [0.15, 0.2) is 0 Å². The van der Waals surface area contributed by atoms with Crippen LogP contribution < -0.4 is 4.90 Å². The number of benzene rings is 1. The van der Waals surface area contributed by atoms with Crippen LogP contribution in [0.4, 0.5) is 10.5 Å². The van der Waals surface area contributed by atoms with E-state index >= 15 is 0 Å². The van der Waals surface area contributed by atoms with Crippen LogP contribution in [0.5, 0.6) is 0 Å². The Hall–Kier alpha value is -0.250. The Bertz CT molecular complexity index is 302. The van der Waals surface area contributed by atoms with E-state index in [2.05, 4.69) is 15.9 Å². The number of carbonyl (C=O) groups is 1. The first-order valence-corrected chi connectivity index (χ1v) is 5.14. The Kier molecular flexibility index (Phi) is 4.03. The molecule has 0 N–H and O–H groups in total. The van der Waals surface area contributed by atoms with E-state index < -0.39 is 5.37 Å². The fraction of sp³-hybridized carbons (Fsp3) is 0.125. The maximum absolute atomic E-state index is 10.9. The lowest BCUT2D eigenvalue weighted by molar-refractivity contribution is 0.265. The predicted octanol–water partition coefficient (Wildman–Crippen LogP) is 3.81. The zero-order valence-corrected chi connectivity index (χ0v) is 9.60. The van der Waals surface area contributed by atoms with Crippen LogP contribution >= 0.6 is 39.1 Å². The lowest BCUT2D eigenvalue weighted by Gasteiger charge is -2.15. The van der Waals surface area contributed by atoms with Crippen LogP contribution in [0.15, 0.2) is 28.7 Å². The number of rotatable bonds is 2. The molecule has 0 aliphatic carbocycles. The SMILES string of the molecule is O=C(Cl)N(CCl)c1ccc(Br)cc1. The summed E-state index contributed by atoms with van der Waals surface area (Å²) in [7, 11) is 0. The third-order valence-corrected chi connectivity index (χ3v) is 2.44. The van der Waals surface area contributed by atoms with E-state index in [1.807, 2.05) is 12.1 Å². The van der Waals surface area contributed by atoms with Gasteiger partial charge in [0, 0.05) is 10.2 Å². The maximum Gasteiger partial charge on any atom is 0.321 e. The van der Waals surface area contributed by atoms with Gasteiger partial charge in [0.1, 0.15) is 6.00 Å². The van der Waals surface area contributed by atoms with Crippen LogP contribution in [-0.4, -0.2) is 11.4 Å². The molecule has 0 fully saturated rings. The molecular formula is C8H6BrCl2NO. The summed E-state index contributed by atoms with van der Waals surface area (Å²) in [5.41, 5.74) is 0.679. The van der Waals surface area contributed by atoms with Gasteiger partial charge >= 0.3 is 5.37 Å². The van der Waals surface area contributed by atoms with Gasteiger partial charge in [-0.25, -0.2) is 0 Å². The number of carbonyl (C=O) groups excluding carboxylic acids is 1. The Morgan fingerprint density at radius 2 is 1.92 bits per heavy atom. The number of anilines is 1. The summed E-state index contributed by atoms with van der Waals surface area (Å²) in [6.45, 7) is 0. The van der Waals surface area contributed by atoms with Crippen LogP contribution in [0.3, 0.4) is 0 Å². The third-order valence-electron chi connectivity index (χ3n) is 1.47. The van der Waals surface area contributed by atoms with Gasteiger partial charge in [-0.2, -0.15) is 0 Å². The zero-order chi connectivity index (χ0) is 9.84. The number of hydrogen-bond donors (Lipinski definition) is 0. The van der Waals surface area contributed by atoms with Crippen LogP contribution in [0.25, 0.3) is 0 Å². The third kappa shape index (κ3) is 2.86. The molecule has 0 saturated heterocycles. The first-order chi connectivity index (χ1) is 6.15. The van der Waals surface area contributed by atoms with Gasteiger partial charge < -0.3 is 0 Å². The molecule has 0 unspecified atom stereocenters. The lowest BCUT2D eigenvalue weighted by atomic mass is 10.3. The fourth-order valence-electron chi connectivity index (χ4n) is 0.839. The average molecular weight is 283 g/mol. The molecule has 0 aliphatic heterocycles. The number of nitrogens with zero attached hydrogens (tertiary/aromatic N) is 1. The number of amides is 1. The van der Waals surface area contributed by atoms with Crippen LogP contribution in [0, 0.1) is 0 Å². The molecule has 13 heavy (non-hydrogen) atoms. The van der Waals surface area contributed by atoms with Gasteiger partial charge in [0.2, 0.25) is 0 Å². The second-order valence-electron chi connectivity index (χ2n) is 2.28. The normalized spacial score (nSPS) is 9.77. The lowest BCUT2D eigenvalue weighted by Crippen LogP contribution is -2.23. The van der Waals surface area contributed by atoms with E-state index in [1.165, 1.54) is 4.90 Å². The summed E-state index contributed by atoms with van der Waals surface area (Å²) in [4.78, 5) is 12.1. The van der Waals surface area contributed by atoms with E-state index in [0.717, 1.165) is 4.47 Å². The first-order valence-electron chi connectivity index (χ1n) is 3.43. The molecule has 0 spiro atoms. The topological polar surface area (TPSA) is 20.3 Å². The van der Waals surface area contributed by atoms with E-state index in [-0.39, 0.29) is 6.00 Å². The molecule has 1 amide bonds. The minimum Gasteiger partial charge on any atom is -0.285 e. The van der Waals surface area contributed by atoms with Crippen molar-refractivity contribution in [2.45, 2.75) is 0 Å². The highest BCUT2D eigenvalue weighted by Gasteiger charge is 2.10. The molecule has 70 valence electrons. The summed E-state index contributed by atoms with van der Waals surface area (Å²) < 4.78 is 0.938. The molecule has 0 aliphatic rings. The number of hydrogen-bond acceptors (Lipinski definition) is 1. The second-order valence-corrected chi connectivity index (χ2v) is 3.75. The van der Waals surface area contributed by atoms with Gasteiger partial charge in [-0.3, -0.25) is 9.69 Å². The van der Waals surface area contributed by atoms with Crippen LogP contribution in [0.1, 0.15) is 0 Å². The molecule has 0 aromatic heterocycles. The van der Waals surface area contributed by atoms with Crippen molar-refractivity contribution in [3.8, 4) is 0 Å². The van der Waals surface area contributed by atoms with Crippen molar-refractivity contribution in [3.05, 3.63) is 28.7 Å². The molecule has 0 atom stereocenters. The molecule has 0 heterocycles. The zero-order valence-electron chi connectivity index (χ0n) is 6.51. The van der Waals surface area contributed by atoms with Gasteiger partial charge in [-0.05, 0) is 35.9 Å². The molecule has 1 rings (SSSR count). The Balaban J connectivity index is 2.92. The maximum atomic E-state index is 10.9. The van der Waals surface area contributed by atoms with Crippen molar-refractivity contribution >= 4 is 50.2 Å². The largest absolute Gasteiger partial charge is 0.321 e. The molecule has 0 radical (unpaired) electrons. The Labute approximate surface area is 94.6 Å². The Morgan fingerprint density at radius 1 is 1.38 bits per heavy atom. The average Bonchev–Trinajstić information content (AvgIpc) is 2.09. The van der Waals surface area contributed by atoms with Crippen molar-refractivity contribution in [3.63, 3.8) is 0 Å². The first kappa shape index (κ1) is 10.8.